The summed E-state index contributed by atoms with van der Waals surface area (Å²) in [6.07, 6.45) is 2.72. The van der Waals surface area contributed by atoms with Crippen molar-refractivity contribution in [1.29, 1.82) is 0 Å². The van der Waals surface area contributed by atoms with E-state index in [-0.39, 0.29) is 6.10 Å². The molecule has 3 aliphatic rings. The predicted molar refractivity (Wildman–Crippen MR) is 77.0 cm³/mol. The molecule has 3 heteroatoms. The summed E-state index contributed by atoms with van der Waals surface area (Å²) in [6.45, 7) is 7.04. The molecule has 3 nitrogen and oxygen atoms in total. The lowest BCUT2D eigenvalue weighted by molar-refractivity contribution is -0.147. The summed E-state index contributed by atoms with van der Waals surface area (Å²) in [6, 6.07) is 6.74. The lowest BCUT2D eigenvalue weighted by atomic mass is 9.45. The molecule has 0 radical (unpaired) electrons. The number of aromatic carboxylic acids is 1. The number of carboxylic acid groups (broad SMARTS) is 1. The highest BCUT2D eigenvalue weighted by Gasteiger charge is 2.56. The quantitative estimate of drug-likeness (QED) is 0.911. The minimum atomic E-state index is -0.898. The maximum absolute atomic E-state index is 10.8. The zero-order chi connectivity index (χ0) is 14.5. The third-order valence-corrected chi connectivity index (χ3v) is 5.67. The molecule has 0 saturated heterocycles. The second-order valence-corrected chi connectivity index (χ2v) is 6.94. The van der Waals surface area contributed by atoms with Crippen molar-refractivity contribution in [3.8, 4) is 5.75 Å². The Hall–Kier alpha value is -1.51. The van der Waals surface area contributed by atoms with Crippen molar-refractivity contribution in [3.63, 3.8) is 0 Å². The largest absolute Gasteiger partial charge is 0.490 e. The van der Waals surface area contributed by atoms with Crippen LogP contribution in [-0.4, -0.2) is 17.2 Å². The highest BCUT2D eigenvalue weighted by Crippen LogP contribution is 2.61. The molecule has 20 heavy (non-hydrogen) atoms. The van der Waals surface area contributed by atoms with Gasteiger partial charge in [-0.2, -0.15) is 0 Å². The van der Waals surface area contributed by atoms with Gasteiger partial charge in [0.2, 0.25) is 0 Å². The molecule has 3 fully saturated rings. The highest BCUT2D eigenvalue weighted by molar-refractivity contribution is 5.87. The van der Waals surface area contributed by atoms with Gasteiger partial charge in [0.15, 0.2) is 0 Å². The molecule has 3 aliphatic carbocycles. The number of carboxylic acids is 1. The molecule has 1 N–H and O–H groups in total. The van der Waals surface area contributed by atoms with Crippen LogP contribution in [-0.2, 0) is 0 Å². The van der Waals surface area contributed by atoms with Crippen LogP contribution in [0.2, 0.25) is 0 Å². The normalized spacial score (nSPS) is 34.1. The molecule has 1 aromatic rings. The molecule has 1 aromatic carbocycles. The summed E-state index contributed by atoms with van der Waals surface area (Å²) in [7, 11) is 0. The van der Waals surface area contributed by atoms with Crippen molar-refractivity contribution in [2.45, 2.75) is 39.7 Å². The molecule has 3 saturated carbocycles. The Morgan fingerprint density at radius 3 is 2.40 bits per heavy atom. The van der Waals surface area contributed by atoms with Crippen LogP contribution in [0.25, 0.3) is 0 Å². The summed E-state index contributed by atoms with van der Waals surface area (Å²) in [5.41, 5.74) is 0.768. The van der Waals surface area contributed by atoms with Gasteiger partial charge in [0.1, 0.15) is 11.9 Å². The summed E-state index contributed by atoms with van der Waals surface area (Å²) in [4.78, 5) is 10.8. The SMILES string of the molecule is C[C@H]1[C@H]2C[C@H](C[C@H]1Oc1ccc(C(=O)O)cc1)C2(C)C. The Labute approximate surface area is 120 Å². The van der Waals surface area contributed by atoms with E-state index in [2.05, 4.69) is 20.8 Å². The zero-order valence-electron chi connectivity index (χ0n) is 12.3. The molecule has 0 aromatic heterocycles. The monoisotopic (exact) mass is 274 g/mol. The van der Waals surface area contributed by atoms with Gasteiger partial charge < -0.3 is 9.84 Å². The number of hydrogen-bond donors (Lipinski definition) is 1. The first-order chi connectivity index (χ1) is 9.39. The minimum absolute atomic E-state index is 0.266. The zero-order valence-corrected chi connectivity index (χ0v) is 12.3. The summed E-state index contributed by atoms with van der Waals surface area (Å²) in [5.74, 6) is 1.97. The lowest BCUT2D eigenvalue weighted by Crippen LogP contribution is -2.57. The average molecular weight is 274 g/mol. The van der Waals surface area contributed by atoms with Gasteiger partial charge in [0.05, 0.1) is 5.56 Å². The van der Waals surface area contributed by atoms with Crippen LogP contribution >= 0.6 is 0 Å². The Bertz CT molecular complexity index is 518. The number of hydrogen-bond acceptors (Lipinski definition) is 2. The van der Waals surface area contributed by atoms with Gasteiger partial charge in [-0.05, 0) is 60.3 Å². The fourth-order valence-corrected chi connectivity index (χ4v) is 4.11. The van der Waals surface area contributed by atoms with E-state index in [1.807, 2.05) is 0 Å². The number of benzene rings is 1. The van der Waals surface area contributed by atoms with E-state index >= 15 is 0 Å². The van der Waals surface area contributed by atoms with Crippen LogP contribution in [0.4, 0.5) is 0 Å². The first kappa shape index (κ1) is 13.5. The van der Waals surface area contributed by atoms with E-state index in [1.54, 1.807) is 24.3 Å². The first-order valence-electron chi connectivity index (χ1n) is 7.39. The number of carbonyl (C=O) groups is 1. The third kappa shape index (κ3) is 2.00. The maximum atomic E-state index is 10.8. The minimum Gasteiger partial charge on any atom is -0.490 e. The highest BCUT2D eigenvalue weighted by atomic mass is 16.5. The molecule has 4 rings (SSSR count). The van der Waals surface area contributed by atoms with Gasteiger partial charge in [-0.3, -0.25) is 0 Å². The van der Waals surface area contributed by atoms with E-state index in [9.17, 15) is 4.79 Å². The molecule has 4 atom stereocenters. The van der Waals surface area contributed by atoms with Crippen molar-refractivity contribution < 1.29 is 14.6 Å². The molecular formula is C17H22O3. The first-order valence-corrected chi connectivity index (χ1v) is 7.39. The van der Waals surface area contributed by atoms with E-state index < -0.39 is 5.97 Å². The summed E-state index contributed by atoms with van der Waals surface area (Å²) < 4.78 is 6.10. The second kappa shape index (κ2) is 4.51. The van der Waals surface area contributed by atoms with Gasteiger partial charge in [-0.25, -0.2) is 4.79 Å². The molecule has 2 bridgehead atoms. The van der Waals surface area contributed by atoms with Crippen molar-refractivity contribution >= 4 is 5.97 Å². The van der Waals surface area contributed by atoms with Crippen molar-refractivity contribution in [1.82, 2.24) is 0 Å². The summed E-state index contributed by atoms with van der Waals surface area (Å²) >= 11 is 0. The Morgan fingerprint density at radius 1 is 1.25 bits per heavy atom. The van der Waals surface area contributed by atoms with Crippen LogP contribution < -0.4 is 4.74 Å². The van der Waals surface area contributed by atoms with Crippen LogP contribution in [0.5, 0.6) is 5.75 Å². The van der Waals surface area contributed by atoms with E-state index in [0.29, 0.717) is 16.9 Å². The predicted octanol–water partition coefficient (Wildman–Crippen LogP) is 3.83. The van der Waals surface area contributed by atoms with Crippen molar-refractivity contribution in [2.75, 3.05) is 0 Å². The van der Waals surface area contributed by atoms with Crippen molar-refractivity contribution in [2.24, 2.45) is 23.2 Å². The van der Waals surface area contributed by atoms with Gasteiger partial charge in [-0.1, -0.05) is 20.8 Å². The molecule has 0 aliphatic heterocycles. The second-order valence-electron chi connectivity index (χ2n) is 6.94. The molecule has 108 valence electrons. The lowest BCUT2D eigenvalue weighted by Gasteiger charge is -2.61. The fourth-order valence-electron chi connectivity index (χ4n) is 4.11. The van der Waals surface area contributed by atoms with Crippen molar-refractivity contribution in [3.05, 3.63) is 29.8 Å². The number of ether oxygens (including phenoxy) is 1. The standard InChI is InChI=1S/C17H22O3/c1-10-14-8-12(17(14,2)3)9-15(10)20-13-6-4-11(5-7-13)16(18)19/h4-7,10,12,14-15H,8-9H2,1-3H3,(H,18,19)/t10-,12+,14+,15+/m0/s1. The third-order valence-electron chi connectivity index (χ3n) is 5.67. The van der Waals surface area contributed by atoms with E-state index in [1.165, 1.54) is 6.42 Å². The van der Waals surface area contributed by atoms with Gasteiger partial charge >= 0.3 is 5.97 Å². The van der Waals surface area contributed by atoms with Crippen LogP contribution in [0, 0.1) is 23.2 Å². The maximum Gasteiger partial charge on any atom is 0.335 e. The van der Waals surface area contributed by atoms with Crippen LogP contribution in [0.1, 0.15) is 44.0 Å². The Balaban J connectivity index is 1.69. The van der Waals surface area contributed by atoms with Gasteiger partial charge in [0.25, 0.3) is 0 Å². The average Bonchev–Trinajstić information content (AvgIpc) is 2.41. The molecular weight excluding hydrogens is 252 g/mol. The van der Waals surface area contributed by atoms with E-state index in [4.69, 9.17) is 9.84 Å². The van der Waals surface area contributed by atoms with Gasteiger partial charge in [-0.15, -0.1) is 0 Å². The van der Waals surface area contributed by atoms with Crippen LogP contribution in [0.3, 0.4) is 0 Å². The van der Waals surface area contributed by atoms with Crippen LogP contribution in [0.15, 0.2) is 24.3 Å². The number of fused-ring (bicyclic) bond motifs is 2. The smallest absolute Gasteiger partial charge is 0.335 e. The topological polar surface area (TPSA) is 46.5 Å². The fraction of sp³-hybridized carbons (Fsp3) is 0.588. The molecule has 0 spiro atoms. The Morgan fingerprint density at radius 2 is 1.90 bits per heavy atom. The van der Waals surface area contributed by atoms with Gasteiger partial charge in [0, 0.05) is 0 Å². The molecule has 0 unspecified atom stereocenters. The summed E-state index contributed by atoms with van der Waals surface area (Å²) in [5, 5.41) is 8.90. The van der Waals surface area contributed by atoms with E-state index in [0.717, 1.165) is 24.0 Å². The Kier molecular flexibility index (Phi) is 3.03. The molecule has 0 amide bonds. The number of rotatable bonds is 3. The molecule has 0 heterocycles.